The number of hydrogen-bond donors (Lipinski definition) is 2. The summed E-state index contributed by atoms with van der Waals surface area (Å²) in [7, 11) is 0. The first kappa shape index (κ1) is 28.8. The van der Waals surface area contributed by atoms with Crippen molar-refractivity contribution in [3.63, 3.8) is 0 Å². The van der Waals surface area contributed by atoms with Crippen LogP contribution in [0.1, 0.15) is 44.6 Å². The van der Waals surface area contributed by atoms with Gasteiger partial charge < -0.3 is 20.1 Å². The second-order valence-corrected chi connectivity index (χ2v) is 13.6. The highest BCUT2D eigenvalue weighted by molar-refractivity contribution is 6.03. The fraction of sp³-hybridized carbons (Fsp3) is 0.486. The molecule has 7 nitrogen and oxygen atoms in total. The summed E-state index contributed by atoms with van der Waals surface area (Å²) in [5, 5.41) is 16.0. The molecule has 0 amide bonds. The van der Waals surface area contributed by atoms with Crippen molar-refractivity contribution in [3.8, 4) is 22.9 Å². The van der Waals surface area contributed by atoms with Gasteiger partial charge in [0.15, 0.2) is 5.82 Å². The fourth-order valence-corrected chi connectivity index (χ4v) is 7.81. The zero-order valence-electron chi connectivity index (χ0n) is 25.5. The Hall–Kier alpha value is -3.63. The molecular formula is C35H38F3N5O2. The minimum Gasteiger partial charge on any atom is -0.508 e. The fourth-order valence-electron chi connectivity index (χ4n) is 7.81. The van der Waals surface area contributed by atoms with Gasteiger partial charge >= 0.3 is 6.01 Å². The van der Waals surface area contributed by atoms with Crippen molar-refractivity contribution in [2.24, 2.45) is 5.41 Å². The molecule has 4 aliphatic rings. The van der Waals surface area contributed by atoms with Gasteiger partial charge in [0.1, 0.15) is 29.1 Å². The van der Waals surface area contributed by atoms with Gasteiger partial charge in [0, 0.05) is 61.2 Å². The minimum atomic E-state index is -0.770. The SMILES string of the molecule is CCc1c(F)ccc2cc(O)cc(-c3ccc4c(N5CC6CCC(C5)N6)nc(OCC5(CN6CC[C@H](F)C6)CC5)nc4c3F)c12. The van der Waals surface area contributed by atoms with Crippen LogP contribution in [-0.2, 0) is 6.42 Å². The molecule has 10 heteroatoms. The van der Waals surface area contributed by atoms with E-state index in [0.717, 1.165) is 51.9 Å². The molecule has 236 valence electrons. The highest BCUT2D eigenvalue weighted by atomic mass is 19.1. The summed E-state index contributed by atoms with van der Waals surface area (Å²) in [6, 6.07) is 10.4. The molecule has 2 unspecified atom stereocenters. The molecule has 4 heterocycles. The molecule has 3 aromatic carbocycles. The highest BCUT2D eigenvalue weighted by Gasteiger charge is 2.46. The molecule has 1 aliphatic carbocycles. The van der Waals surface area contributed by atoms with Gasteiger partial charge in [0.05, 0.1) is 6.61 Å². The molecule has 1 aromatic heterocycles. The molecule has 45 heavy (non-hydrogen) atoms. The van der Waals surface area contributed by atoms with E-state index in [1.807, 2.05) is 13.0 Å². The van der Waals surface area contributed by atoms with Gasteiger partial charge in [-0.15, -0.1) is 0 Å². The number of hydrogen-bond acceptors (Lipinski definition) is 7. The van der Waals surface area contributed by atoms with Crippen LogP contribution in [0.15, 0.2) is 36.4 Å². The number of aromatic nitrogens is 2. The van der Waals surface area contributed by atoms with E-state index in [-0.39, 0.29) is 34.1 Å². The van der Waals surface area contributed by atoms with E-state index < -0.39 is 12.0 Å². The lowest BCUT2D eigenvalue weighted by atomic mass is 9.92. The average Bonchev–Trinajstić information content (AvgIpc) is 3.55. The number of nitrogens with one attached hydrogen (secondary N) is 1. The number of alkyl halides is 1. The summed E-state index contributed by atoms with van der Waals surface area (Å²) in [6.07, 6.45) is 4.37. The summed E-state index contributed by atoms with van der Waals surface area (Å²) >= 11 is 0. The number of piperazine rings is 1. The zero-order chi connectivity index (χ0) is 30.9. The van der Waals surface area contributed by atoms with E-state index in [2.05, 4.69) is 20.1 Å². The minimum absolute atomic E-state index is 0.0267. The van der Waals surface area contributed by atoms with Crippen LogP contribution in [0.5, 0.6) is 11.8 Å². The summed E-state index contributed by atoms with van der Waals surface area (Å²) in [6.45, 7) is 5.75. The van der Waals surface area contributed by atoms with Crippen molar-refractivity contribution in [1.82, 2.24) is 20.2 Å². The number of phenols is 1. The van der Waals surface area contributed by atoms with Crippen LogP contribution < -0.4 is 15.0 Å². The van der Waals surface area contributed by atoms with Gasteiger partial charge in [0.25, 0.3) is 0 Å². The van der Waals surface area contributed by atoms with E-state index in [1.165, 1.54) is 12.1 Å². The molecule has 2 N–H and O–H groups in total. The summed E-state index contributed by atoms with van der Waals surface area (Å²) in [4.78, 5) is 13.9. The number of halogens is 3. The Kier molecular flexibility index (Phi) is 7.05. The largest absolute Gasteiger partial charge is 0.508 e. The number of fused-ring (bicyclic) bond motifs is 4. The molecule has 0 radical (unpaired) electrons. The van der Waals surface area contributed by atoms with Crippen molar-refractivity contribution >= 4 is 27.5 Å². The lowest BCUT2D eigenvalue weighted by Gasteiger charge is -2.34. The van der Waals surface area contributed by atoms with Gasteiger partial charge in [-0.25, -0.2) is 13.2 Å². The highest BCUT2D eigenvalue weighted by Crippen LogP contribution is 2.47. The standard InChI is InChI=1S/C35H38F3N5O2/c1-2-25-29(37)8-3-20-13-24(44)14-28(30(20)25)26-6-7-27-32(31(26)38)40-34(41-33(27)43-16-22-4-5-23(17-43)39-22)45-19-35(10-11-35)18-42-12-9-21(36)15-42/h3,6-8,13-14,21-23,39,44H,2,4-5,9-12,15-19H2,1H3/t21-,22?,23?/m0/s1. The average molecular weight is 618 g/mol. The van der Waals surface area contributed by atoms with Crippen molar-refractivity contribution in [2.45, 2.75) is 63.7 Å². The normalized spacial score (nSPS) is 24.2. The lowest BCUT2D eigenvalue weighted by molar-refractivity contribution is 0.165. The smallest absolute Gasteiger partial charge is 0.319 e. The third-order valence-electron chi connectivity index (χ3n) is 10.3. The van der Waals surface area contributed by atoms with E-state index in [9.17, 15) is 13.9 Å². The maximum atomic E-state index is 16.8. The Morgan fingerprint density at radius 3 is 2.51 bits per heavy atom. The van der Waals surface area contributed by atoms with Crippen molar-refractivity contribution < 1.29 is 23.0 Å². The number of aromatic hydroxyl groups is 1. The molecule has 3 saturated heterocycles. The molecular weight excluding hydrogens is 579 g/mol. The Balaban J connectivity index is 1.22. The molecule has 4 aromatic rings. The van der Waals surface area contributed by atoms with Crippen LogP contribution in [0.25, 0.3) is 32.8 Å². The van der Waals surface area contributed by atoms with Crippen molar-refractivity contribution in [3.05, 3.63) is 53.6 Å². The molecule has 3 atom stereocenters. The summed E-state index contributed by atoms with van der Waals surface area (Å²) in [5.74, 6) is -0.313. The van der Waals surface area contributed by atoms with Gasteiger partial charge in [-0.3, -0.25) is 4.90 Å². The second-order valence-electron chi connectivity index (χ2n) is 13.6. The van der Waals surface area contributed by atoms with Crippen LogP contribution in [0.3, 0.4) is 0 Å². The number of ether oxygens (including phenoxy) is 1. The zero-order valence-corrected chi connectivity index (χ0v) is 25.5. The van der Waals surface area contributed by atoms with E-state index in [0.29, 0.717) is 71.2 Å². The quantitative estimate of drug-likeness (QED) is 0.246. The number of rotatable bonds is 8. The Morgan fingerprint density at radius 1 is 1.00 bits per heavy atom. The molecule has 2 bridgehead atoms. The van der Waals surface area contributed by atoms with Crippen molar-refractivity contribution in [1.29, 1.82) is 0 Å². The summed E-state index contributed by atoms with van der Waals surface area (Å²) in [5.41, 5.74) is 1.18. The van der Waals surface area contributed by atoms with Crippen molar-refractivity contribution in [2.75, 3.05) is 44.2 Å². The molecule has 4 fully saturated rings. The van der Waals surface area contributed by atoms with E-state index in [1.54, 1.807) is 18.2 Å². The van der Waals surface area contributed by atoms with E-state index >= 15 is 4.39 Å². The number of benzene rings is 3. The topological polar surface area (TPSA) is 73.8 Å². The van der Waals surface area contributed by atoms with Gasteiger partial charge in [-0.05, 0) is 84.7 Å². The molecule has 3 aliphatic heterocycles. The molecule has 8 rings (SSSR count). The van der Waals surface area contributed by atoms with Crippen LogP contribution in [0, 0.1) is 17.0 Å². The number of likely N-dealkylation sites (tertiary alicyclic amines) is 1. The first-order valence-corrected chi connectivity index (χ1v) is 16.2. The third kappa shape index (κ3) is 5.25. The van der Waals surface area contributed by atoms with Crippen LogP contribution in [0.4, 0.5) is 19.0 Å². The van der Waals surface area contributed by atoms with Crippen LogP contribution >= 0.6 is 0 Å². The van der Waals surface area contributed by atoms with Crippen LogP contribution in [0.2, 0.25) is 0 Å². The predicted octanol–water partition coefficient (Wildman–Crippen LogP) is 6.14. The molecule has 0 spiro atoms. The Bertz CT molecular complexity index is 1790. The van der Waals surface area contributed by atoms with Gasteiger partial charge in [-0.1, -0.05) is 19.1 Å². The first-order chi connectivity index (χ1) is 21.8. The third-order valence-corrected chi connectivity index (χ3v) is 10.3. The second kappa shape index (κ2) is 11.0. The Labute approximate surface area is 260 Å². The monoisotopic (exact) mass is 617 g/mol. The number of aryl methyl sites for hydroxylation is 1. The number of phenolic OH excluding ortho intramolecular Hbond substituents is 1. The predicted molar refractivity (Wildman–Crippen MR) is 169 cm³/mol. The van der Waals surface area contributed by atoms with Crippen LogP contribution in [-0.4, -0.2) is 77.6 Å². The number of anilines is 1. The molecule has 1 saturated carbocycles. The maximum absolute atomic E-state index is 16.8. The van der Waals surface area contributed by atoms with Gasteiger partial charge in [-0.2, -0.15) is 9.97 Å². The summed E-state index contributed by atoms with van der Waals surface area (Å²) < 4.78 is 51.9. The number of nitrogens with zero attached hydrogens (tertiary/aromatic N) is 4. The maximum Gasteiger partial charge on any atom is 0.319 e. The first-order valence-electron chi connectivity index (χ1n) is 16.2. The Morgan fingerprint density at radius 2 is 1.80 bits per heavy atom. The van der Waals surface area contributed by atoms with Gasteiger partial charge in [0.2, 0.25) is 0 Å². The lowest BCUT2D eigenvalue weighted by Crippen LogP contribution is -2.51. The van der Waals surface area contributed by atoms with E-state index in [4.69, 9.17) is 9.72 Å².